The van der Waals surface area contributed by atoms with E-state index in [4.69, 9.17) is 4.55 Å². The van der Waals surface area contributed by atoms with Crippen LogP contribution in [0.5, 0.6) is 0 Å². The minimum Gasteiger partial charge on any atom is -0.328 e. The highest BCUT2D eigenvalue weighted by Gasteiger charge is 2.30. The van der Waals surface area contributed by atoms with Gasteiger partial charge in [0.1, 0.15) is 0 Å². The van der Waals surface area contributed by atoms with Gasteiger partial charge in [-0.25, -0.2) is 0 Å². The molecule has 1 rings (SSSR count). The van der Waals surface area contributed by atoms with E-state index in [1.54, 1.807) is 11.8 Å². The van der Waals surface area contributed by atoms with Gasteiger partial charge >= 0.3 is 0 Å². The van der Waals surface area contributed by atoms with Crippen molar-refractivity contribution in [2.75, 3.05) is 45.5 Å². The molecule has 0 atom stereocenters. The Morgan fingerprint density at radius 1 is 1.37 bits per heavy atom. The first-order valence-corrected chi connectivity index (χ1v) is 7.97. The summed E-state index contributed by atoms with van der Waals surface area (Å²) in [6.07, 6.45) is 0.434. The van der Waals surface area contributed by atoms with Gasteiger partial charge < -0.3 is 9.38 Å². The zero-order chi connectivity index (χ0) is 14.7. The van der Waals surface area contributed by atoms with Crippen LogP contribution in [0, 0.1) is 0 Å². The van der Waals surface area contributed by atoms with Crippen molar-refractivity contribution in [3.63, 3.8) is 0 Å². The SMILES string of the molecule is C=C(C)C(=O)N1CC[N+](C)(CCCS(=O)(=O)O)CC1. The Kier molecular flexibility index (Phi) is 5.11. The Morgan fingerprint density at radius 3 is 2.32 bits per heavy atom. The van der Waals surface area contributed by atoms with E-state index in [1.165, 1.54) is 0 Å². The molecule has 0 aliphatic carbocycles. The molecule has 0 bridgehead atoms. The molecule has 7 heteroatoms. The minimum atomic E-state index is -3.87. The summed E-state index contributed by atoms with van der Waals surface area (Å²) in [5.74, 6) is -0.209. The van der Waals surface area contributed by atoms with Crippen LogP contribution < -0.4 is 0 Å². The highest BCUT2D eigenvalue weighted by Crippen LogP contribution is 2.13. The van der Waals surface area contributed by atoms with Crippen LogP contribution in [0.3, 0.4) is 0 Å². The summed E-state index contributed by atoms with van der Waals surface area (Å²) in [6.45, 7) is 8.96. The van der Waals surface area contributed by atoms with E-state index >= 15 is 0 Å². The lowest BCUT2D eigenvalue weighted by Crippen LogP contribution is -2.58. The molecule has 0 aromatic carbocycles. The van der Waals surface area contributed by atoms with Crippen molar-refractivity contribution in [2.45, 2.75) is 13.3 Å². The van der Waals surface area contributed by atoms with Gasteiger partial charge in [-0.05, 0) is 6.92 Å². The van der Waals surface area contributed by atoms with Crippen molar-refractivity contribution in [3.05, 3.63) is 12.2 Å². The molecule has 0 radical (unpaired) electrons. The maximum Gasteiger partial charge on any atom is 0.265 e. The lowest BCUT2D eigenvalue weighted by molar-refractivity contribution is -0.913. The van der Waals surface area contributed by atoms with E-state index in [-0.39, 0.29) is 11.7 Å². The summed E-state index contributed by atoms with van der Waals surface area (Å²) in [7, 11) is -1.83. The van der Waals surface area contributed by atoms with Crippen LogP contribution in [-0.4, -0.2) is 73.8 Å². The minimum absolute atomic E-state index is 0.0100. The van der Waals surface area contributed by atoms with Gasteiger partial charge in [0, 0.05) is 12.0 Å². The molecule has 1 N–H and O–H groups in total. The fraction of sp³-hybridized carbons (Fsp3) is 0.750. The van der Waals surface area contributed by atoms with E-state index in [1.807, 2.05) is 7.05 Å². The predicted molar refractivity (Wildman–Crippen MR) is 73.2 cm³/mol. The molecule has 1 aliphatic heterocycles. The maximum atomic E-state index is 11.8. The van der Waals surface area contributed by atoms with Crippen molar-refractivity contribution in [3.8, 4) is 0 Å². The molecule has 0 unspecified atom stereocenters. The van der Waals surface area contributed by atoms with Crippen LogP contribution in [0.1, 0.15) is 13.3 Å². The molecule has 1 saturated heterocycles. The number of nitrogens with zero attached hydrogens (tertiary/aromatic N) is 2. The zero-order valence-corrected chi connectivity index (χ0v) is 12.4. The van der Waals surface area contributed by atoms with Gasteiger partial charge in [0.25, 0.3) is 10.1 Å². The van der Waals surface area contributed by atoms with Crippen molar-refractivity contribution >= 4 is 16.0 Å². The summed E-state index contributed by atoms with van der Waals surface area (Å²) in [4.78, 5) is 13.5. The van der Waals surface area contributed by atoms with Gasteiger partial charge in [0.15, 0.2) is 0 Å². The van der Waals surface area contributed by atoms with Crippen LogP contribution in [0.2, 0.25) is 0 Å². The number of likely N-dealkylation sites (N-methyl/N-ethyl adjacent to an activating group) is 1. The average Bonchev–Trinajstić information content (AvgIpc) is 2.27. The molecular weight excluding hydrogens is 268 g/mol. The predicted octanol–water partition coefficient (Wildman–Crippen LogP) is 0.129. The summed E-state index contributed by atoms with van der Waals surface area (Å²) in [5, 5.41) is 0. The summed E-state index contributed by atoms with van der Waals surface area (Å²) in [6, 6.07) is 0. The summed E-state index contributed by atoms with van der Waals surface area (Å²) < 4.78 is 30.8. The fourth-order valence-corrected chi connectivity index (χ4v) is 2.77. The number of carbonyl (C=O) groups is 1. The second kappa shape index (κ2) is 6.02. The van der Waals surface area contributed by atoms with Crippen molar-refractivity contribution in [1.82, 2.24) is 4.90 Å². The third kappa shape index (κ3) is 5.30. The topological polar surface area (TPSA) is 74.7 Å². The van der Waals surface area contributed by atoms with Crippen molar-refractivity contribution in [1.29, 1.82) is 0 Å². The fourth-order valence-electron chi connectivity index (χ4n) is 2.27. The molecule has 1 amide bonds. The molecule has 110 valence electrons. The van der Waals surface area contributed by atoms with E-state index in [9.17, 15) is 13.2 Å². The van der Waals surface area contributed by atoms with E-state index in [2.05, 4.69) is 6.58 Å². The van der Waals surface area contributed by atoms with E-state index in [0.29, 0.717) is 31.6 Å². The number of carbonyl (C=O) groups excluding carboxylic acids is 1. The molecule has 6 nitrogen and oxygen atoms in total. The number of piperazine rings is 1. The van der Waals surface area contributed by atoms with Crippen LogP contribution in [0.15, 0.2) is 12.2 Å². The molecular formula is C12H23N2O4S+. The van der Waals surface area contributed by atoms with Gasteiger partial charge in [-0.2, -0.15) is 8.42 Å². The lowest BCUT2D eigenvalue weighted by atomic mass is 10.2. The highest BCUT2D eigenvalue weighted by atomic mass is 32.2. The van der Waals surface area contributed by atoms with E-state index in [0.717, 1.165) is 17.6 Å². The monoisotopic (exact) mass is 291 g/mol. The maximum absolute atomic E-state index is 11.8. The molecule has 0 saturated carbocycles. The number of rotatable bonds is 5. The number of hydrogen-bond acceptors (Lipinski definition) is 3. The molecule has 19 heavy (non-hydrogen) atoms. The normalized spacial score (nSPS) is 19.2. The Morgan fingerprint density at radius 2 is 1.89 bits per heavy atom. The Hall–Kier alpha value is -0.920. The highest BCUT2D eigenvalue weighted by molar-refractivity contribution is 7.85. The quantitative estimate of drug-likeness (QED) is 0.444. The van der Waals surface area contributed by atoms with Gasteiger partial charge in [0.05, 0.1) is 45.5 Å². The second-order valence-electron chi connectivity index (χ2n) is 5.50. The first-order chi connectivity index (χ1) is 8.63. The molecule has 1 fully saturated rings. The third-order valence-corrected chi connectivity index (χ3v) is 4.38. The number of quaternary nitrogens is 1. The van der Waals surface area contributed by atoms with Crippen molar-refractivity contribution < 1.29 is 22.2 Å². The molecule has 0 aromatic rings. The van der Waals surface area contributed by atoms with Gasteiger partial charge in [-0.15, -0.1) is 0 Å². The first-order valence-electron chi connectivity index (χ1n) is 6.36. The third-order valence-electron chi connectivity index (χ3n) is 3.57. The van der Waals surface area contributed by atoms with Crippen LogP contribution in [-0.2, 0) is 14.9 Å². The van der Waals surface area contributed by atoms with Crippen LogP contribution in [0.4, 0.5) is 0 Å². The lowest BCUT2D eigenvalue weighted by Gasteiger charge is -2.42. The standard InChI is InChI=1S/C12H22N2O4S/c1-11(2)12(15)13-5-8-14(3,9-6-13)7-4-10-19(16,17)18/h1,4-10H2,2-3H3/p+1. The number of amides is 1. The number of hydrogen-bond donors (Lipinski definition) is 1. The Balaban J connectivity index is 2.43. The van der Waals surface area contributed by atoms with E-state index < -0.39 is 10.1 Å². The van der Waals surface area contributed by atoms with Crippen LogP contribution >= 0.6 is 0 Å². The first kappa shape index (κ1) is 16.1. The van der Waals surface area contributed by atoms with Gasteiger partial charge in [-0.3, -0.25) is 9.35 Å². The van der Waals surface area contributed by atoms with Gasteiger partial charge in [0.2, 0.25) is 5.91 Å². The van der Waals surface area contributed by atoms with Gasteiger partial charge in [-0.1, -0.05) is 6.58 Å². The summed E-state index contributed by atoms with van der Waals surface area (Å²) in [5.41, 5.74) is 0.544. The molecule has 1 aliphatic rings. The Bertz CT molecular complexity index is 450. The molecule has 0 aromatic heterocycles. The zero-order valence-electron chi connectivity index (χ0n) is 11.6. The summed E-state index contributed by atoms with van der Waals surface area (Å²) >= 11 is 0. The second-order valence-corrected chi connectivity index (χ2v) is 7.07. The molecule has 1 heterocycles. The van der Waals surface area contributed by atoms with Crippen molar-refractivity contribution in [2.24, 2.45) is 0 Å². The largest absolute Gasteiger partial charge is 0.328 e. The average molecular weight is 291 g/mol. The molecule has 0 spiro atoms. The van der Waals surface area contributed by atoms with Crippen LogP contribution in [0.25, 0.3) is 0 Å². The Labute approximate surface area is 115 Å². The smallest absolute Gasteiger partial charge is 0.265 e.